The summed E-state index contributed by atoms with van der Waals surface area (Å²) in [4.78, 5) is 24.5. The molecule has 2 saturated carbocycles. The van der Waals surface area contributed by atoms with Gasteiger partial charge in [-0.1, -0.05) is 35.3 Å². The number of nitrogens with one attached hydrogen (secondary N) is 1. The summed E-state index contributed by atoms with van der Waals surface area (Å²) >= 11 is 13.1. The molecule has 1 amide bonds. The number of likely N-dealkylation sites (tertiary alicyclic amines) is 1. The summed E-state index contributed by atoms with van der Waals surface area (Å²) in [6.45, 7) is 3.08. The number of carbonyl (C=O) groups is 1. The minimum atomic E-state index is -0.687. The third-order valence-electron chi connectivity index (χ3n) is 11.3. The van der Waals surface area contributed by atoms with Crippen molar-refractivity contribution in [1.82, 2.24) is 24.8 Å². The number of pyridine rings is 2. The van der Waals surface area contributed by atoms with E-state index in [1.54, 1.807) is 30.3 Å². The van der Waals surface area contributed by atoms with Gasteiger partial charge < -0.3 is 19.5 Å². The Hall–Kier alpha value is -4.30. The number of amides is 1. The van der Waals surface area contributed by atoms with Crippen LogP contribution in [-0.2, 0) is 11.2 Å². The fraction of sp³-hybridized carbons (Fsp3) is 0.385. The molecule has 0 spiro atoms. The lowest BCUT2D eigenvalue weighted by molar-refractivity contribution is -0.133. The van der Waals surface area contributed by atoms with E-state index in [2.05, 4.69) is 27.0 Å². The zero-order valence-corrected chi connectivity index (χ0v) is 29.3. The van der Waals surface area contributed by atoms with E-state index in [0.717, 1.165) is 42.4 Å². The number of carbonyl (C=O) groups excluding carboxylic acids is 1. The van der Waals surface area contributed by atoms with Crippen molar-refractivity contribution >= 4 is 50.9 Å². The molecule has 5 atom stereocenters. The Labute approximate surface area is 303 Å². The second-order valence-corrected chi connectivity index (χ2v) is 15.1. The summed E-state index contributed by atoms with van der Waals surface area (Å²) in [6, 6.07) is 14.6. The van der Waals surface area contributed by atoms with Crippen molar-refractivity contribution in [1.29, 1.82) is 5.26 Å². The maximum atomic E-state index is 17.1. The summed E-state index contributed by atoms with van der Waals surface area (Å²) < 4.78 is 40.3. The Morgan fingerprint density at radius 1 is 1.14 bits per heavy atom. The van der Waals surface area contributed by atoms with Gasteiger partial charge in [-0.25, -0.2) is 14.4 Å². The number of benzene rings is 2. The van der Waals surface area contributed by atoms with E-state index in [1.165, 1.54) is 6.20 Å². The summed E-state index contributed by atoms with van der Waals surface area (Å²) in [7, 11) is 0. The monoisotopic (exact) mass is 726 g/mol. The van der Waals surface area contributed by atoms with Gasteiger partial charge in [-0.3, -0.25) is 4.79 Å². The summed E-state index contributed by atoms with van der Waals surface area (Å²) in [6.07, 6.45) is 4.61. The average molecular weight is 728 g/mol. The smallest absolute Gasteiger partial charge is 0.255 e. The predicted octanol–water partition coefficient (Wildman–Crippen LogP) is 8.26. The zero-order chi connectivity index (χ0) is 35.1. The molecule has 3 aromatic heterocycles. The minimum Gasteiger partial charge on any atom is -0.484 e. The fourth-order valence-electron chi connectivity index (χ4n) is 8.71. The molecule has 5 aromatic rings. The Morgan fingerprint density at radius 2 is 1.98 bits per heavy atom. The highest BCUT2D eigenvalue weighted by Crippen LogP contribution is 2.51. The van der Waals surface area contributed by atoms with Crippen molar-refractivity contribution in [3.8, 4) is 22.9 Å². The van der Waals surface area contributed by atoms with Crippen molar-refractivity contribution in [3.63, 3.8) is 0 Å². The van der Waals surface area contributed by atoms with Gasteiger partial charge in [0.15, 0.2) is 11.6 Å². The molecule has 3 aliphatic heterocycles. The molecule has 2 aromatic carbocycles. The molecular formula is C39H34Cl2F2N6O2. The molecule has 1 N–H and O–H groups in total. The minimum absolute atomic E-state index is 0.0292. The number of nitriles is 1. The van der Waals surface area contributed by atoms with E-state index in [1.807, 2.05) is 17.9 Å². The lowest BCUT2D eigenvalue weighted by Crippen LogP contribution is -2.41. The van der Waals surface area contributed by atoms with E-state index in [-0.39, 0.29) is 52.7 Å². The molecule has 5 aliphatic rings. The van der Waals surface area contributed by atoms with E-state index >= 15 is 4.39 Å². The van der Waals surface area contributed by atoms with Gasteiger partial charge in [-0.2, -0.15) is 9.65 Å². The van der Waals surface area contributed by atoms with Gasteiger partial charge in [0.2, 0.25) is 5.91 Å². The number of nitrogens with zero attached hydrogens (tertiary/aromatic N) is 5. The average Bonchev–Trinajstić information content (AvgIpc) is 3.40. The lowest BCUT2D eigenvalue weighted by Gasteiger charge is -2.39. The molecule has 3 saturated heterocycles. The second kappa shape index (κ2) is 12.4. The van der Waals surface area contributed by atoms with Gasteiger partial charge in [0.1, 0.15) is 11.6 Å². The molecule has 2 bridgehead atoms. The van der Waals surface area contributed by atoms with Crippen molar-refractivity contribution in [2.24, 2.45) is 11.8 Å². The highest BCUT2D eigenvalue weighted by Gasteiger charge is 2.51. The number of hydrogen-bond acceptors (Lipinski definition) is 6. The summed E-state index contributed by atoms with van der Waals surface area (Å²) in [5.41, 5.74) is 4.05. The highest BCUT2D eigenvalue weighted by atomic mass is 35.5. The van der Waals surface area contributed by atoms with Crippen LogP contribution in [0, 0.1) is 41.9 Å². The molecule has 10 rings (SSSR count). The Morgan fingerprint density at radius 3 is 2.71 bits per heavy atom. The van der Waals surface area contributed by atoms with Crippen LogP contribution >= 0.6 is 23.2 Å². The molecule has 260 valence electrons. The quantitative estimate of drug-likeness (QED) is 0.162. The number of aryl methyl sites for hydroxylation is 2. The molecule has 0 unspecified atom stereocenters. The van der Waals surface area contributed by atoms with E-state index in [0.29, 0.717) is 58.1 Å². The molecule has 12 heteroatoms. The van der Waals surface area contributed by atoms with Crippen LogP contribution in [0.2, 0.25) is 10.0 Å². The lowest BCUT2D eigenvalue weighted by atomic mass is 9.79. The first-order chi connectivity index (χ1) is 24.7. The predicted molar refractivity (Wildman–Crippen MR) is 191 cm³/mol. The maximum absolute atomic E-state index is 17.1. The molecule has 2 aliphatic carbocycles. The first kappa shape index (κ1) is 32.6. The van der Waals surface area contributed by atoms with Gasteiger partial charge in [0.05, 0.1) is 40.3 Å². The first-order valence-corrected chi connectivity index (χ1v) is 18.3. The highest BCUT2D eigenvalue weighted by molar-refractivity contribution is 6.43. The normalized spacial score (nSPS) is 23.9. The van der Waals surface area contributed by atoms with Crippen LogP contribution in [-0.4, -0.2) is 50.6 Å². The molecule has 6 heterocycles. The fourth-order valence-corrected chi connectivity index (χ4v) is 9.10. The Kier molecular flexibility index (Phi) is 7.95. The molecular weight excluding hydrogens is 693 g/mol. The third-order valence-corrected chi connectivity index (χ3v) is 12.1. The number of fused-ring (bicyclic) bond motifs is 4. The number of halogens is 4. The van der Waals surface area contributed by atoms with Gasteiger partial charge in [0.25, 0.3) is 5.95 Å². The van der Waals surface area contributed by atoms with E-state index in [9.17, 15) is 14.4 Å². The van der Waals surface area contributed by atoms with Gasteiger partial charge in [-0.05, 0) is 74.4 Å². The van der Waals surface area contributed by atoms with Gasteiger partial charge in [-0.15, -0.1) is 0 Å². The van der Waals surface area contributed by atoms with Gasteiger partial charge >= 0.3 is 0 Å². The van der Waals surface area contributed by atoms with Crippen LogP contribution in [0.25, 0.3) is 32.9 Å². The van der Waals surface area contributed by atoms with Gasteiger partial charge in [0, 0.05) is 70.8 Å². The third kappa shape index (κ3) is 5.27. The van der Waals surface area contributed by atoms with Crippen LogP contribution in [0.15, 0.2) is 48.7 Å². The summed E-state index contributed by atoms with van der Waals surface area (Å²) in [5, 5.41) is 15.3. The SMILES string of the molecule is Cc1nc2c(F)c(-c3cccc(Cl)c3Cl)c(CCC#N)cc2c2c1cc([C@H]1C[C@H](Oc3cccnc3F)CN1C(=O)C1CC1)n2[C@H]1[C@H]2CN[C@@H]1C2. The number of rotatable bonds is 8. The van der Waals surface area contributed by atoms with E-state index in [4.69, 9.17) is 32.9 Å². The van der Waals surface area contributed by atoms with Crippen LogP contribution in [0.4, 0.5) is 8.78 Å². The molecule has 5 fully saturated rings. The molecule has 8 nitrogen and oxygen atoms in total. The second-order valence-electron chi connectivity index (χ2n) is 14.3. The topological polar surface area (TPSA) is 96.1 Å². The van der Waals surface area contributed by atoms with Crippen molar-refractivity contribution < 1.29 is 18.3 Å². The largest absolute Gasteiger partial charge is 0.484 e. The van der Waals surface area contributed by atoms with Crippen molar-refractivity contribution in [2.45, 2.75) is 69.7 Å². The maximum Gasteiger partial charge on any atom is 0.255 e. The summed E-state index contributed by atoms with van der Waals surface area (Å²) in [5.74, 6) is -0.725. The Bertz CT molecular complexity index is 2290. The van der Waals surface area contributed by atoms with Crippen LogP contribution in [0.3, 0.4) is 0 Å². The standard InChI is InChI=1S/C39H34Cl2F2N6O2/c1-19-25-16-30(29-15-23(18-48(29)39(50)20-9-10-20)51-31-8-4-12-45-38(31)43)49(36-22-14-28(36)46-17-22)37(25)26-13-21(5-3-11-44)32(34(42)35(26)47-19)24-6-2-7-27(40)33(24)41/h2,4,6-8,12-13,16,20,22-23,28-29,36,46H,3,5,9-10,14-15,17-18H2,1H3/t22-,23+,28-,29-,36+/m1/s1. The van der Waals surface area contributed by atoms with Crippen molar-refractivity contribution in [2.75, 3.05) is 13.1 Å². The number of hydrogen-bond donors (Lipinski definition) is 1. The Balaban J connectivity index is 1.26. The number of aromatic nitrogens is 3. The molecule has 51 heavy (non-hydrogen) atoms. The zero-order valence-electron chi connectivity index (χ0n) is 27.8. The van der Waals surface area contributed by atoms with Crippen LogP contribution in [0.5, 0.6) is 5.75 Å². The van der Waals surface area contributed by atoms with Crippen LogP contribution < -0.4 is 10.1 Å². The van der Waals surface area contributed by atoms with Crippen LogP contribution in [0.1, 0.15) is 61.1 Å². The van der Waals surface area contributed by atoms with E-state index < -0.39 is 17.9 Å². The molecule has 0 radical (unpaired) electrons. The number of ether oxygens (including phenoxy) is 1. The first-order valence-electron chi connectivity index (χ1n) is 17.5. The van der Waals surface area contributed by atoms with Crippen molar-refractivity contribution in [3.05, 3.63) is 87.4 Å².